The standard InChI is InChI=1S/C22H28O/c1-21(2,19-13-9-6-10-14-19)16-15-20(22(3,4)23)17-18-11-7-5-8-12-18/h5-16,20,23H,17H2,1-4H3/b16-15+. The van der Waals surface area contributed by atoms with E-state index in [9.17, 15) is 5.11 Å². The van der Waals surface area contributed by atoms with Gasteiger partial charge in [0.25, 0.3) is 0 Å². The van der Waals surface area contributed by atoms with Gasteiger partial charge in [0, 0.05) is 11.3 Å². The Morgan fingerprint density at radius 2 is 1.39 bits per heavy atom. The lowest BCUT2D eigenvalue weighted by Gasteiger charge is -2.29. The molecule has 0 aliphatic rings. The number of allylic oxidation sites excluding steroid dienone is 1. The minimum Gasteiger partial charge on any atom is -0.390 e. The summed E-state index contributed by atoms with van der Waals surface area (Å²) in [4.78, 5) is 0. The fourth-order valence-electron chi connectivity index (χ4n) is 2.74. The van der Waals surface area contributed by atoms with Gasteiger partial charge in [-0.3, -0.25) is 0 Å². The van der Waals surface area contributed by atoms with E-state index in [1.165, 1.54) is 11.1 Å². The fraction of sp³-hybridized carbons (Fsp3) is 0.364. The third-order valence-electron chi connectivity index (χ3n) is 4.47. The lowest BCUT2D eigenvalue weighted by molar-refractivity contribution is 0.0369. The molecule has 1 atom stereocenters. The smallest absolute Gasteiger partial charge is 0.0657 e. The molecule has 0 amide bonds. The zero-order valence-corrected chi connectivity index (χ0v) is 14.7. The number of rotatable bonds is 6. The summed E-state index contributed by atoms with van der Waals surface area (Å²) in [7, 11) is 0. The minimum absolute atomic E-state index is 0.0541. The first-order chi connectivity index (χ1) is 10.8. The highest BCUT2D eigenvalue weighted by molar-refractivity contribution is 5.29. The third-order valence-corrected chi connectivity index (χ3v) is 4.47. The summed E-state index contributed by atoms with van der Waals surface area (Å²) in [6.45, 7) is 8.20. The van der Waals surface area contributed by atoms with Crippen LogP contribution in [-0.4, -0.2) is 10.7 Å². The van der Waals surface area contributed by atoms with Crippen LogP contribution in [0.5, 0.6) is 0 Å². The van der Waals surface area contributed by atoms with E-state index in [1.54, 1.807) is 0 Å². The molecule has 0 bridgehead atoms. The Hall–Kier alpha value is -1.86. The first kappa shape index (κ1) is 17.5. The van der Waals surface area contributed by atoms with Crippen LogP contribution in [0, 0.1) is 5.92 Å². The van der Waals surface area contributed by atoms with E-state index in [2.05, 4.69) is 62.4 Å². The second kappa shape index (κ2) is 7.14. The van der Waals surface area contributed by atoms with Crippen molar-refractivity contribution in [2.75, 3.05) is 0 Å². The largest absolute Gasteiger partial charge is 0.390 e. The molecule has 1 unspecified atom stereocenters. The molecule has 0 spiro atoms. The lowest BCUT2D eigenvalue weighted by atomic mass is 9.80. The van der Waals surface area contributed by atoms with Crippen molar-refractivity contribution in [1.29, 1.82) is 0 Å². The van der Waals surface area contributed by atoms with Crippen LogP contribution in [0.25, 0.3) is 0 Å². The van der Waals surface area contributed by atoms with E-state index in [1.807, 2.05) is 38.1 Å². The summed E-state index contributed by atoms with van der Waals surface area (Å²) in [6.07, 6.45) is 5.25. The molecule has 1 N–H and O–H groups in total. The Kier molecular flexibility index (Phi) is 5.43. The molecule has 2 aromatic carbocycles. The Balaban J connectivity index is 2.21. The van der Waals surface area contributed by atoms with Gasteiger partial charge in [-0.05, 0) is 31.4 Å². The molecule has 0 fully saturated rings. The molecule has 122 valence electrons. The molecular weight excluding hydrogens is 280 g/mol. The van der Waals surface area contributed by atoms with Gasteiger partial charge in [-0.1, -0.05) is 86.7 Å². The van der Waals surface area contributed by atoms with Crippen LogP contribution in [0.1, 0.15) is 38.8 Å². The summed E-state index contributed by atoms with van der Waals surface area (Å²) in [6, 6.07) is 20.9. The molecule has 2 aromatic rings. The molecule has 0 heterocycles. The zero-order chi connectivity index (χ0) is 16.9. The molecule has 23 heavy (non-hydrogen) atoms. The number of aliphatic hydroxyl groups is 1. The average Bonchev–Trinajstić information content (AvgIpc) is 2.52. The van der Waals surface area contributed by atoms with Gasteiger partial charge in [-0.25, -0.2) is 0 Å². The van der Waals surface area contributed by atoms with Crippen molar-refractivity contribution in [1.82, 2.24) is 0 Å². The maximum atomic E-state index is 10.6. The Morgan fingerprint density at radius 1 is 0.870 bits per heavy atom. The average molecular weight is 308 g/mol. The Morgan fingerprint density at radius 3 is 1.91 bits per heavy atom. The molecule has 1 heteroatoms. The van der Waals surface area contributed by atoms with Gasteiger partial charge < -0.3 is 5.11 Å². The lowest BCUT2D eigenvalue weighted by Crippen LogP contribution is -2.31. The first-order valence-electron chi connectivity index (χ1n) is 8.30. The van der Waals surface area contributed by atoms with Crippen molar-refractivity contribution in [3.63, 3.8) is 0 Å². The van der Waals surface area contributed by atoms with E-state index in [-0.39, 0.29) is 11.3 Å². The predicted molar refractivity (Wildman–Crippen MR) is 98.5 cm³/mol. The number of hydrogen-bond acceptors (Lipinski definition) is 1. The molecule has 2 rings (SSSR count). The SMILES string of the molecule is CC(C)(/C=C/C(Cc1ccccc1)C(C)(C)O)c1ccccc1. The molecule has 0 radical (unpaired) electrons. The van der Waals surface area contributed by atoms with Gasteiger partial charge in [-0.15, -0.1) is 0 Å². The molecule has 0 saturated heterocycles. The van der Waals surface area contributed by atoms with Crippen LogP contribution in [0.2, 0.25) is 0 Å². The molecule has 0 aliphatic heterocycles. The number of benzene rings is 2. The summed E-state index contributed by atoms with van der Waals surface area (Å²) in [5, 5.41) is 10.6. The molecule has 0 saturated carbocycles. The second-order valence-electron chi connectivity index (χ2n) is 7.40. The van der Waals surface area contributed by atoms with Crippen LogP contribution in [0.3, 0.4) is 0 Å². The van der Waals surface area contributed by atoms with E-state index in [0.29, 0.717) is 0 Å². The highest BCUT2D eigenvalue weighted by atomic mass is 16.3. The van der Waals surface area contributed by atoms with E-state index in [4.69, 9.17) is 0 Å². The van der Waals surface area contributed by atoms with E-state index in [0.717, 1.165) is 6.42 Å². The quantitative estimate of drug-likeness (QED) is 0.732. The van der Waals surface area contributed by atoms with Crippen LogP contribution in [-0.2, 0) is 11.8 Å². The fourth-order valence-corrected chi connectivity index (χ4v) is 2.74. The van der Waals surface area contributed by atoms with Crippen molar-refractivity contribution < 1.29 is 5.11 Å². The maximum absolute atomic E-state index is 10.6. The van der Waals surface area contributed by atoms with Gasteiger partial charge in [0.15, 0.2) is 0 Å². The summed E-state index contributed by atoms with van der Waals surface area (Å²) < 4.78 is 0. The van der Waals surface area contributed by atoms with Gasteiger partial charge in [0.2, 0.25) is 0 Å². The van der Waals surface area contributed by atoms with Crippen molar-refractivity contribution in [3.8, 4) is 0 Å². The topological polar surface area (TPSA) is 20.2 Å². The van der Waals surface area contributed by atoms with Crippen molar-refractivity contribution in [2.24, 2.45) is 5.92 Å². The van der Waals surface area contributed by atoms with Crippen LogP contribution in [0.15, 0.2) is 72.8 Å². The molecule has 0 aliphatic carbocycles. The normalized spacial score (nSPS) is 14.1. The summed E-state index contributed by atoms with van der Waals surface area (Å²) in [5.74, 6) is 0.0767. The van der Waals surface area contributed by atoms with Gasteiger partial charge >= 0.3 is 0 Å². The van der Waals surface area contributed by atoms with E-state index >= 15 is 0 Å². The predicted octanol–water partition coefficient (Wildman–Crippen LogP) is 5.15. The van der Waals surface area contributed by atoms with Crippen molar-refractivity contribution >= 4 is 0 Å². The van der Waals surface area contributed by atoms with E-state index < -0.39 is 5.60 Å². The second-order valence-corrected chi connectivity index (χ2v) is 7.40. The van der Waals surface area contributed by atoms with Gasteiger partial charge in [0.1, 0.15) is 0 Å². The highest BCUT2D eigenvalue weighted by Gasteiger charge is 2.26. The zero-order valence-electron chi connectivity index (χ0n) is 14.7. The minimum atomic E-state index is -0.751. The Labute approximate surface area is 140 Å². The molecular formula is C22H28O. The Bertz CT molecular complexity index is 618. The highest BCUT2D eigenvalue weighted by Crippen LogP contribution is 2.28. The van der Waals surface area contributed by atoms with Crippen molar-refractivity contribution in [2.45, 2.75) is 45.1 Å². The first-order valence-corrected chi connectivity index (χ1v) is 8.30. The summed E-state index contributed by atoms with van der Waals surface area (Å²) in [5.41, 5.74) is 1.73. The van der Waals surface area contributed by atoms with Crippen LogP contribution < -0.4 is 0 Å². The van der Waals surface area contributed by atoms with Crippen LogP contribution >= 0.6 is 0 Å². The van der Waals surface area contributed by atoms with Crippen molar-refractivity contribution in [3.05, 3.63) is 83.9 Å². The molecule has 0 aromatic heterocycles. The maximum Gasteiger partial charge on any atom is 0.0657 e. The van der Waals surface area contributed by atoms with Gasteiger partial charge in [0.05, 0.1) is 5.60 Å². The summed E-state index contributed by atoms with van der Waals surface area (Å²) >= 11 is 0. The molecule has 1 nitrogen and oxygen atoms in total. The monoisotopic (exact) mass is 308 g/mol. The van der Waals surface area contributed by atoms with Gasteiger partial charge in [-0.2, -0.15) is 0 Å². The number of hydrogen-bond donors (Lipinski definition) is 1. The third kappa shape index (κ3) is 5.07. The van der Waals surface area contributed by atoms with Crippen LogP contribution in [0.4, 0.5) is 0 Å².